The highest BCUT2D eigenvalue weighted by atomic mass is 32.2. The predicted molar refractivity (Wildman–Crippen MR) is 94.1 cm³/mol. The molecule has 142 valence electrons. The Morgan fingerprint density at radius 3 is 2.26 bits per heavy atom. The van der Waals surface area contributed by atoms with E-state index in [4.69, 9.17) is 4.55 Å². The summed E-state index contributed by atoms with van der Waals surface area (Å²) in [4.78, 5) is -1.41. The van der Waals surface area contributed by atoms with E-state index in [-0.39, 0.29) is 21.6 Å². The van der Waals surface area contributed by atoms with Gasteiger partial charge in [0.15, 0.2) is 5.75 Å². The smallest absolute Gasteiger partial charge is 0.298 e. The Labute approximate surface area is 156 Å². The predicted octanol–water partition coefficient (Wildman–Crippen LogP) is 2.61. The molecule has 0 saturated heterocycles. The van der Waals surface area contributed by atoms with Gasteiger partial charge in [-0.15, -0.1) is 20.4 Å². The van der Waals surface area contributed by atoms with Crippen molar-refractivity contribution < 1.29 is 31.0 Å². The van der Waals surface area contributed by atoms with Crippen LogP contribution in [0, 0.1) is 6.92 Å². The number of hydrogen-bond donors (Lipinski definition) is 3. The average molecular weight is 430 g/mol. The Bertz CT molecular complexity index is 1300. The zero-order valence-electron chi connectivity index (χ0n) is 13.3. The molecule has 0 aliphatic heterocycles. The molecule has 3 rings (SSSR count). The number of benzene rings is 2. The first-order valence-corrected chi connectivity index (χ1v) is 10.6. The molecule has 1 aromatic heterocycles. The summed E-state index contributed by atoms with van der Waals surface area (Å²) in [5.74, 6) is -0.880. The summed E-state index contributed by atoms with van der Waals surface area (Å²) in [6.07, 6.45) is 0. The summed E-state index contributed by atoms with van der Waals surface area (Å²) in [6.45, 7) is 1.68. The third kappa shape index (κ3) is 3.93. The van der Waals surface area contributed by atoms with Gasteiger partial charge >= 0.3 is 0 Å². The molecule has 14 heteroatoms. The Hall–Kier alpha value is -2.52. The number of aromatic hydroxyl groups is 1. The first-order chi connectivity index (χ1) is 12.5. The number of nitrogens with zero attached hydrogens (tertiary/aromatic N) is 4. The highest BCUT2D eigenvalue weighted by Crippen LogP contribution is 2.42. The molecular formula is C13H10N4O7S3. The van der Waals surface area contributed by atoms with Gasteiger partial charge in [-0.2, -0.15) is 16.8 Å². The third-order valence-electron chi connectivity index (χ3n) is 3.35. The Morgan fingerprint density at radius 1 is 1.00 bits per heavy atom. The van der Waals surface area contributed by atoms with Crippen molar-refractivity contribution in [2.24, 2.45) is 10.2 Å². The summed E-state index contributed by atoms with van der Waals surface area (Å²) in [5.41, 5.74) is -0.338. The molecule has 0 aliphatic carbocycles. The van der Waals surface area contributed by atoms with E-state index in [2.05, 4.69) is 20.4 Å². The zero-order valence-corrected chi connectivity index (χ0v) is 15.7. The van der Waals surface area contributed by atoms with Crippen LogP contribution in [-0.4, -0.2) is 41.2 Å². The summed E-state index contributed by atoms with van der Waals surface area (Å²) in [5, 5.41) is 26.0. The number of rotatable bonds is 4. The molecule has 0 atom stereocenters. The van der Waals surface area contributed by atoms with Gasteiger partial charge in [-0.3, -0.25) is 9.11 Å². The van der Waals surface area contributed by atoms with Crippen LogP contribution in [-0.2, 0) is 20.2 Å². The summed E-state index contributed by atoms with van der Waals surface area (Å²) < 4.78 is 64.2. The SMILES string of the molecule is Cc1nnc(N=Nc2c(O)c(S(=O)(=O)O)cc3cc(S(=O)(=O)O)ccc23)s1. The fourth-order valence-corrected chi connectivity index (χ4v) is 3.85. The fraction of sp³-hybridized carbons (Fsp3) is 0.0769. The normalized spacial score (nSPS) is 12.9. The van der Waals surface area contributed by atoms with Gasteiger partial charge in [0.2, 0.25) is 0 Å². The van der Waals surface area contributed by atoms with Crippen molar-refractivity contribution in [3.05, 3.63) is 29.3 Å². The summed E-state index contributed by atoms with van der Waals surface area (Å²) in [7, 11) is -9.43. The van der Waals surface area contributed by atoms with Crippen LogP contribution in [0.2, 0.25) is 0 Å². The van der Waals surface area contributed by atoms with Gasteiger partial charge in [0.05, 0.1) is 4.90 Å². The minimum absolute atomic E-state index is 0.0297. The summed E-state index contributed by atoms with van der Waals surface area (Å²) >= 11 is 1.09. The number of aromatic nitrogens is 2. The maximum absolute atomic E-state index is 11.5. The molecule has 27 heavy (non-hydrogen) atoms. The second kappa shape index (κ2) is 6.58. The minimum atomic E-state index is -4.86. The van der Waals surface area contributed by atoms with Crippen molar-refractivity contribution in [3.8, 4) is 5.75 Å². The summed E-state index contributed by atoms with van der Waals surface area (Å²) in [6, 6.07) is 4.06. The van der Waals surface area contributed by atoms with Crippen LogP contribution in [0.25, 0.3) is 10.8 Å². The monoisotopic (exact) mass is 430 g/mol. The van der Waals surface area contributed by atoms with Crippen LogP contribution in [0.15, 0.2) is 44.3 Å². The van der Waals surface area contributed by atoms with E-state index in [0.717, 1.165) is 29.5 Å². The average Bonchev–Trinajstić information content (AvgIpc) is 2.96. The van der Waals surface area contributed by atoms with E-state index in [1.54, 1.807) is 6.92 Å². The number of hydrogen-bond acceptors (Lipinski definition) is 10. The van der Waals surface area contributed by atoms with E-state index in [1.807, 2.05) is 0 Å². The molecule has 1 heterocycles. The Kier molecular flexibility index (Phi) is 4.69. The van der Waals surface area contributed by atoms with E-state index < -0.39 is 35.8 Å². The van der Waals surface area contributed by atoms with E-state index in [9.17, 15) is 26.5 Å². The lowest BCUT2D eigenvalue weighted by Crippen LogP contribution is -2.00. The number of phenols is 1. The topological polar surface area (TPSA) is 179 Å². The number of aryl methyl sites for hydroxylation is 1. The van der Waals surface area contributed by atoms with Gasteiger partial charge in [-0.05, 0) is 30.5 Å². The fourth-order valence-electron chi connectivity index (χ4n) is 2.21. The Balaban J connectivity index is 2.32. The van der Waals surface area contributed by atoms with Gasteiger partial charge < -0.3 is 5.11 Å². The van der Waals surface area contributed by atoms with E-state index in [1.165, 1.54) is 6.07 Å². The molecule has 0 unspecified atom stereocenters. The molecule has 3 aromatic rings. The quantitative estimate of drug-likeness (QED) is 0.414. The molecule has 0 bridgehead atoms. The van der Waals surface area contributed by atoms with Crippen LogP contribution >= 0.6 is 11.3 Å². The maximum Gasteiger partial charge on any atom is 0.298 e. The lowest BCUT2D eigenvalue weighted by molar-refractivity contribution is 0.445. The second-order valence-corrected chi connectivity index (χ2v) is 9.18. The van der Waals surface area contributed by atoms with Crippen LogP contribution < -0.4 is 0 Å². The molecule has 0 radical (unpaired) electrons. The van der Waals surface area contributed by atoms with Crippen LogP contribution in [0.5, 0.6) is 5.75 Å². The van der Waals surface area contributed by atoms with Gasteiger partial charge in [0, 0.05) is 5.39 Å². The van der Waals surface area contributed by atoms with Crippen molar-refractivity contribution in [3.63, 3.8) is 0 Å². The molecule has 0 aliphatic rings. The zero-order chi connectivity index (χ0) is 20.0. The van der Waals surface area contributed by atoms with Crippen molar-refractivity contribution in [1.29, 1.82) is 0 Å². The molecule has 0 fully saturated rings. The van der Waals surface area contributed by atoms with Crippen molar-refractivity contribution in [1.82, 2.24) is 10.2 Å². The van der Waals surface area contributed by atoms with Gasteiger partial charge in [0.25, 0.3) is 25.4 Å². The lowest BCUT2D eigenvalue weighted by atomic mass is 10.1. The van der Waals surface area contributed by atoms with E-state index in [0.29, 0.717) is 5.01 Å². The highest BCUT2D eigenvalue weighted by molar-refractivity contribution is 7.86. The molecule has 11 nitrogen and oxygen atoms in total. The third-order valence-corrected chi connectivity index (χ3v) is 5.79. The maximum atomic E-state index is 11.5. The first kappa shape index (κ1) is 19.2. The number of fused-ring (bicyclic) bond motifs is 1. The molecule has 2 aromatic carbocycles. The second-order valence-electron chi connectivity index (χ2n) is 5.21. The standard InChI is InChI=1S/C13H10N4O7S3/c1-6-14-16-13(25-6)17-15-11-9-3-2-8(26(19,20)21)4-7(9)5-10(12(11)18)27(22,23)24/h2-5,18H,1H3,(H,19,20,21)(H,22,23,24). The lowest BCUT2D eigenvalue weighted by Gasteiger charge is -2.09. The van der Waals surface area contributed by atoms with Crippen LogP contribution in [0.4, 0.5) is 10.8 Å². The largest absolute Gasteiger partial charge is 0.504 e. The van der Waals surface area contributed by atoms with Crippen LogP contribution in [0.1, 0.15) is 5.01 Å². The molecule has 3 N–H and O–H groups in total. The molecule has 0 amide bonds. The van der Waals surface area contributed by atoms with Crippen molar-refractivity contribution in [2.75, 3.05) is 0 Å². The van der Waals surface area contributed by atoms with Gasteiger partial charge in [-0.25, -0.2) is 0 Å². The molecule has 0 spiro atoms. The van der Waals surface area contributed by atoms with Crippen molar-refractivity contribution >= 4 is 53.2 Å². The first-order valence-electron chi connectivity index (χ1n) is 6.93. The highest BCUT2D eigenvalue weighted by Gasteiger charge is 2.23. The minimum Gasteiger partial charge on any atom is -0.504 e. The number of azo groups is 1. The van der Waals surface area contributed by atoms with Gasteiger partial charge in [-0.1, -0.05) is 17.4 Å². The van der Waals surface area contributed by atoms with Gasteiger partial charge in [0.1, 0.15) is 15.6 Å². The van der Waals surface area contributed by atoms with E-state index >= 15 is 0 Å². The van der Waals surface area contributed by atoms with Crippen molar-refractivity contribution in [2.45, 2.75) is 16.7 Å². The molecule has 0 saturated carbocycles. The molecular weight excluding hydrogens is 420 g/mol. The van der Waals surface area contributed by atoms with Crippen LogP contribution in [0.3, 0.4) is 0 Å². The Morgan fingerprint density at radius 2 is 1.70 bits per heavy atom. The number of phenolic OH excluding ortho intramolecular Hbond substituents is 1.